The molecule has 0 aliphatic carbocycles. The Hall–Kier alpha value is -3.29. The van der Waals surface area contributed by atoms with Crippen LogP contribution in [-0.2, 0) is 0 Å². The van der Waals surface area contributed by atoms with E-state index >= 15 is 0 Å². The topological polar surface area (TPSA) is 57.2 Å². The number of hydrogen-bond donors (Lipinski definition) is 2. The molecule has 0 heterocycles. The fourth-order valence-electron chi connectivity index (χ4n) is 3.09. The van der Waals surface area contributed by atoms with E-state index in [9.17, 15) is 4.79 Å². The summed E-state index contributed by atoms with van der Waals surface area (Å²) in [5, 5.41) is 2.91. The highest BCUT2D eigenvalue weighted by Crippen LogP contribution is 2.27. The van der Waals surface area contributed by atoms with E-state index in [1.807, 2.05) is 55.6 Å². The molecule has 6 nitrogen and oxygen atoms in total. The minimum absolute atomic E-state index is 0.224. The van der Waals surface area contributed by atoms with Crippen molar-refractivity contribution in [3.63, 3.8) is 0 Å². The van der Waals surface area contributed by atoms with Gasteiger partial charge in [-0.05, 0) is 75.6 Å². The van der Waals surface area contributed by atoms with Gasteiger partial charge in [-0.3, -0.25) is 4.79 Å². The third-order valence-corrected chi connectivity index (χ3v) is 5.18. The van der Waals surface area contributed by atoms with Crippen LogP contribution in [0.1, 0.15) is 16.8 Å². The molecule has 0 saturated carbocycles. The summed E-state index contributed by atoms with van der Waals surface area (Å²) in [6.45, 7) is 1.95. The molecule has 0 atom stereocenters. The van der Waals surface area contributed by atoms with E-state index in [2.05, 4.69) is 46.8 Å². The lowest BCUT2D eigenvalue weighted by atomic mass is 10.2. The van der Waals surface area contributed by atoms with Gasteiger partial charge in [-0.25, -0.2) is 4.99 Å². The smallest absolute Gasteiger partial charge is 0.255 e. The number of aliphatic imine (C=N–C) groups is 1. The number of hydrogen-bond acceptors (Lipinski definition) is 5. The number of amides is 1. The van der Waals surface area contributed by atoms with Crippen molar-refractivity contribution in [2.24, 2.45) is 4.99 Å². The zero-order valence-corrected chi connectivity index (χ0v) is 20.1. The molecule has 172 valence electrons. The molecule has 0 radical (unpaired) electrons. The molecule has 3 aromatic carbocycles. The molecule has 0 aliphatic rings. The van der Waals surface area contributed by atoms with Crippen molar-refractivity contribution in [2.75, 3.05) is 39.5 Å². The normalized spacial score (nSPS) is 11.1. The first kappa shape index (κ1) is 24.4. The lowest BCUT2D eigenvalue weighted by molar-refractivity contribution is 0.102. The molecule has 0 bridgehead atoms. The Kier molecular flexibility index (Phi) is 8.92. The van der Waals surface area contributed by atoms with E-state index < -0.39 is 0 Å². The predicted molar refractivity (Wildman–Crippen MR) is 139 cm³/mol. The van der Waals surface area contributed by atoms with Crippen molar-refractivity contribution in [3.8, 4) is 11.5 Å². The Morgan fingerprint density at radius 2 is 1.73 bits per heavy atom. The van der Waals surface area contributed by atoms with Crippen molar-refractivity contribution < 1.29 is 9.53 Å². The van der Waals surface area contributed by atoms with E-state index in [0.29, 0.717) is 27.6 Å². The highest BCUT2D eigenvalue weighted by atomic mass is 32.1. The van der Waals surface area contributed by atoms with Crippen LogP contribution < -0.4 is 10.1 Å². The quantitative estimate of drug-likeness (QED) is 0.235. The van der Waals surface area contributed by atoms with Crippen LogP contribution in [0.15, 0.2) is 82.7 Å². The Bertz CT molecular complexity index is 1090. The van der Waals surface area contributed by atoms with Gasteiger partial charge in [0.15, 0.2) is 0 Å². The molecule has 0 unspecified atom stereocenters. The summed E-state index contributed by atoms with van der Waals surface area (Å²) in [5.74, 6) is 1.09. The van der Waals surface area contributed by atoms with Gasteiger partial charge in [0.1, 0.15) is 11.5 Å². The molecule has 0 saturated heterocycles. The standard InChI is InChI=1S/C26H30N4O2S/c1-29(2)15-8-16-30(3)19-27-24-14-13-21(18-25(24)33)28-26(31)20-9-7-12-23(17-20)32-22-10-5-4-6-11-22/h4-7,9-14,17-19,33H,8,15-16H2,1-3H3,(H,28,31). The van der Waals surface area contributed by atoms with Crippen LogP contribution in [0.25, 0.3) is 0 Å². The Labute approximate surface area is 201 Å². The number of thiol groups is 1. The van der Waals surface area contributed by atoms with Crippen molar-refractivity contribution in [1.82, 2.24) is 9.80 Å². The lowest BCUT2D eigenvalue weighted by Gasteiger charge is -2.15. The molecule has 0 aromatic heterocycles. The lowest BCUT2D eigenvalue weighted by Crippen LogP contribution is -2.22. The van der Waals surface area contributed by atoms with Crippen LogP contribution in [-0.4, -0.2) is 56.3 Å². The van der Waals surface area contributed by atoms with Gasteiger partial charge in [-0.2, -0.15) is 0 Å². The fourth-order valence-corrected chi connectivity index (χ4v) is 3.37. The Morgan fingerprint density at radius 3 is 2.45 bits per heavy atom. The summed E-state index contributed by atoms with van der Waals surface area (Å²) in [7, 11) is 6.13. The zero-order chi connectivity index (χ0) is 23.6. The number of nitrogens with one attached hydrogen (secondary N) is 1. The van der Waals surface area contributed by atoms with Gasteiger partial charge in [0, 0.05) is 29.7 Å². The maximum atomic E-state index is 12.7. The molecule has 3 rings (SSSR count). The Balaban J connectivity index is 1.60. The number of carbonyl (C=O) groups excluding carboxylic acids is 1. The first-order valence-electron chi connectivity index (χ1n) is 10.8. The summed E-state index contributed by atoms with van der Waals surface area (Å²) in [6, 6.07) is 22.0. The zero-order valence-electron chi connectivity index (χ0n) is 19.2. The van der Waals surface area contributed by atoms with Crippen LogP contribution in [0.2, 0.25) is 0 Å². The molecular weight excluding hydrogens is 432 g/mol. The highest BCUT2D eigenvalue weighted by molar-refractivity contribution is 7.80. The highest BCUT2D eigenvalue weighted by Gasteiger charge is 2.09. The largest absolute Gasteiger partial charge is 0.457 e. The molecular formula is C26H30N4O2S. The van der Waals surface area contributed by atoms with Crippen molar-refractivity contribution in [1.29, 1.82) is 0 Å². The molecule has 0 aliphatic heterocycles. The summed E-state index contributed by atoms with van der Waals surface area (Å²) in [5.41, 5.74) is 1.90. The minimum Gasteiger partial charge on any atom is -0.457 e. The van der Waals surface area contributed by atoms with E-state index in [-0.39, 0.29) is 5.91 Å². The first-order valence-corrected chi connectivity index (χ1v) is 11.2. The summed E-state index contributed by atoms with van der Waals surface area (Å²) in [4.78, 5) is 22.2. The van der Waals surface area contributed by atoms with E-state index in [1.165, 1.54) is 0 Å². The Morgan fingerprint density at radius 1 is 0.970 bits per heavy atom. The van der Waals surface area contributed by atoms with Crippen molar-refractivity contribution >= 4 is 36.2 Å². The molecule has 33 heavy (non-hydrogen) atoms. The SMILES string of the molecule is CN(C)CCCN(C)C=Nc1ccc(NC(=O)c2cccc(Oc3ccccc3)c2)cc1S. The maximum Gasteiger partial charge on any atom is 0.255 e. The van der Waals surface area contributed by atoms with Gasteiger partial charge in [0.2, 0.25) is 0 Å². The maximum absolute atomic E-state index is 12.7. The van der Waals surface area contributed by atoms with Gasteiger partial charge in [0.05, 0.1) is 12.0 Å². The minimum atomic E-state index is -0.224. The second-order valence-corrected chi connectivity index (χ2v) is 8.46. The monoisotopic (exact) mass is 462 g/mol. The van der Waals surface area contributed by atoms with Gasteiger partial charge >= 0.3 is 0 Å². The first-order chi connectivity index (χ1) is 15.9. The number of benzene rings is 3. The molecule has 3 aromatic rings. The number of nitrogens with zero attached hydrogens (tertiary/aromatic N) is 3. The number of para-hydroxylation sites is 1. The third kappa shape index (κ3) is 7.97. The summed E-state index contributed by atoms with van der Waals surface area (Å²) < 4.78 is 5.82. The number of rotatable bonds is 10. The van der Waals surface area contributed by atoms with Crippen LogP contribution >= 0.6 is 12.6 Å². The second-order valence-electron chi connectivity index (χ2n) is 7.98. The van der Waals surface area contributed by atoms with Crippen LogP contribution in [0, 0.1) is 0 Å². The second kappa shape index (κ2) is 12.1. The van der Waals surface area contributed by atoms with Crippen molar-refractivity contribution in [2.45, 2.75) is 11.3 Å². The molecule has 0 fully saturated rings. The van der Waals surface area contributed by atoms with Gasteiger partial charge < -0.3 is 19.9 Å². The average Bonchev–Trinajstić information content (AvgIpc) is 2.79. The van der Waals surface area contributed by atoms with Gasteiger partial charge in [0.25, 0.3) is 5.91 Å². The van der Waals surface area contributed by atoms with Crippen LogP contribution in [0.5, 0.6) is 11.5 Å². The molecule has 0 spiro atoms. The van der Waals surface area contributed by atoms with E-state index in [4.69, 9.17) is 4.74 Å². The number of carbonyl (C=O) groups is 1. The van der Waals surface area contributed by atoms with Crippen molar-refractivity contribution in [3.05, 3.63) is 78.4 Å². The van der Waals surface area contributed by atoms with Gasteiger partial charge in [-0.15, -0.1) is 12.6 Å². The van der Waals surface area contributed by atoms with Gasteiger partial charge in [-0.1, -0.05) is 24.3 Å². The summed E-state index contributed by atoms with van der Waals surface area (Å²) in [6.07, 6.45) is 2.87. The number of ether oxygens (including phenoxy) is 1. The van der Waals surface area contributed by atoms with Crippen LogP contribution in [0.3, 0.4) is 0 Å². The van der Waals surface area contributed by atoms with E-state index in [1.54, 1.807) is 30.6 Å². The average molecular weight is 463 g/mol. The molecule has 7 heteroatoms. The van der Waals surface area contributed by atoms with E-state index in [0.717, 1.165) is 25.2 Å². The predicted octanol–water partition coefficient (Wildman–Crippen LogP) is 5.56. The third-order valence-electron chi connectivity index (χ3n) is 4.82. The van der Waals surface area contributed by atoms with Crippen LogP contribution in [0.4, 0.5) is 11.4 Å². The number of anilines is 1. The fraction of sp³-hybridized carbons (Fsp3) is 0.231. The summed E-state index contributed by atoms with van der Waals surface area (Å²) >= 11 is 4.54. The molecule has 1 N–H and O–H groups in total. The molecule has 1 amide bonds.